The predicted octanol–water partition coefficient (Wildman–Crippen LogP) is 11.2. The zero-order chi connectivity index (χ0) is 31.6. The molecule has 4 heteroatoms. The first-order valence-corrected chi connectivity index (χ1v) is 16.1. The topological polar surface area (TPSA) is 51.6 Å². The molecule has 0 saturated carbocycles. The smallest absolute Gasteiger partial charge is 0.0978 e. The van der Waals surface area contributed by atoms with Crippen molar-refractivity contribution in [2.45, 2.75) is 0 Å². The molecule has 0 bridgehead atoms. The van der Waals surface area contributed by atoms with Gasteiger partial charge in [0, 0.05) is 50.5 Å². The molecule has 4 nitrogen and oxygen atoms in total. The lowest BCUT2D eigenvalue weighted by Gasteiger charge is -2.15. The van der Waals surface area contributed by atoms with Gasteiger partial charge < -0.3 is 0 Å². The fraction of sp³-hybridized carbons (Fsp3) is 0. The van der Waals surface area contributed by atoms with Crippen molar-refractivity contribution in [1.29, 1.82) is 0 Å². The lowest BCUT2D eigenvalue weighted by molar-refractivity contribution is 1.37. The molecule has 6 aromatic carbocycles. The molecule has 0 fully saturated rings. The summed E-state index contributed by atoms with van der Waals surface area (Å²) in [6.07, 6.45) is 3.73. The van der Waals surface area contributed by atoms with Gasteiger partial charge in [0.05, 0.1) is 33.3 Å². The third-order valence-electron chi connectivity index (χ3n) is 9.55. The van der Waals surface area contributed by atoms with Crippen LogP contribution in [0.5, 0.6) is 0 Å². The third kappa shape index (κ3) is 4.03. The molecule has 0 aliphatic carbocycles. The molecule has 0 atom stereocenters. The van der Waals surface area contributed by atoms with Crippen molar-refractivity contribution in [3.63, 3.8) is 0 Å². The Morgan fingerprint density at radius 1 is 0.333 bits per heavy atom. The first-order valence-electron chi connectivity index (χ1n) is 16.1. The molecule has 0 saturated heterocycles. The zero-order valence-electron chi connectivity index (χ0n) is 25.8. The lowest BCUT2D eigenvalue weighted by Crippen LogP contribution is -1.94. The minimum absolute atomic E-state index is 0.903. The van der Waals surface area contributed by atoms with Gasteiger partial charge in [0.2, 0.25) is 0 Å². The van der Waals surface area contributed by atoms with Crippen LogP contribution in [0.3, 0.4) is 0 Å². The summed E-state index contributed by atoms with van der Waals surface area (Å²) in [6, 6.07) is 51.2. The number of rotatable bonds is 3. The molecule has 4 aromatic heterocycles. The molecule has 0 spiro atoms. The molecule has 0 aliphatic heterocycles. The second kappa shape index (κ2) is 10.5. The maximum absolute atomic E-state index is 5.37. The third-order valence-corrected chi connectivity index (χ3v) is 9.55. The van der Waals surface area contributed by atoms with Crippen molar-refractivity contribution in [3.05, 3.63) is 158 Å². The average molecular weight is 611 g/mol. The van der Waals surface area contributed by atoms with E-state index in [9.17, 15) is 0 Å². The molecule has 0 unspecified atom stereocenters. The van der Waals surface area contributed by atoms with Crippen LogP contribution >= 0.6 is 0 Å². The monoisotopic (exact) mass is 610 g/mol. The summed E-state index contributed by atoms with van der Waals surface area (Å²) in [5, 5.41) is 7.79. The van der Waals surface area contributed by atoms with Gasteiger partial charge in [-0.3, -0.25) is 9.97 Å². The van der Waals surface area contributed by atoms with Gasteiger partial charge >= 0.3 is 0 Å². The van der Waals surface area contributed by atoms with E-state index in [1.165, 1.54) is 16.5 Å². The number of nitrogens with zero attached hydrogens (tertiary/aromatic N) is 4. The van der Waals surface area contributed by atoms with E-state index in [0.717, 1.165) is 82.3 Å². The van der Waals surface area contributed by atoms with E-state index in [2.05, 4.69) is 145 Å². The Kier molecular flexibility index (Phi) is 5.84. The minimum Gasteiger partial charge on any atom is -0.254 e. The summed E-state index contributed by atoms with van der Waals surface area (Å²) in [5.74, 6) is 0. The summed E-state index contributed by atoms with van der Waals surface area (Å²) < 4.78 is 0. The molecule has 222 valence electrons. The summed E-state index contributed by atoms with van der Waals surface area (Å²) in [7, 11) is 0. The van der Waals surface area contributed by atoms with Gasteiger partial charge in [0.15, 0.2) is 0 Å². The van der Waals surface area contributed by atoms with Crippen LogP contribution < -0.4 is 0 Å². The quantitative estimate of drug-likeness (QED) is 0.147. The standard InChI is InChI=1S/C44H26N4/c1-2-9-27(10-3-1)40-36-14-6-7-15-38(36)48-44-37(40)20-17-29-18-23-39(47-42(29)44)34-22-21-32(30-12-4-5-13-31(30)34)33-24-26-46-43-35(33)19-16-28-11-8-25-45-41(28)43/h1-26H. The number of hydrogen-bond acceptors (Lipinski definition) is 4. The fourth-order valence-corrected chi connectivity index (χ4v) is 7.35. The molecule has 0 aliphatic rings. The van der Waals surface area contributed by atoms with Crippen molar-refractivity contribution in [1.82, 2.24) is 19.9 Å². The van der Waals surface area contributed by atoms with Crippen LogP contribution in [0.4, 0.5) is 0 Å². The van der Waals surface area contributed by atoms with Gasteiger partial charge in [-0.25, -0.2) is 9.97 Å². The second-order valence-corrected chi connectivity index (χ2v) is 12.2. The Hall–Kier alpha value is -6.52. The van der Waals surface area contributed by atoms with Gasteiger partial charge in [-0.05, 0) is 51.7 Å². The van der Waals surface area contributed by atoms with Crippen molar-refractivity contribution in [2.75, 3.05) is 0 Å². The predicted molar refractivity (Wildman–Crippen MR) is 199 cm³/mol. The van der Waals surface area contributed by atoms with Gasteiger partial charge in [0.25, 0.3) is 0 Å². The van der Waals surface area contributed by atoms with E-state index in [1.807, 2.05) is 18.5 Å². The fourth-order valence-electron chi connectivity index (χ4n) is 7.35. The summed E-state index contributed by atoms with van der Waals surface area (Å²) in [4.78, 5) is 20.0. The van der Waals surface area contributed by atoms with Crippen LogP contribution in [0.15, 0.2) is 158 Å². The zero-order valence-corrected chi connectivity index (χ0v) is 25.8. The highest BCUT2D eigenvalue weighted by atomic mass is 14.8. The Morgan fingerprint density at radius 3 is 1.88 bits per heavy atom. The van der Waals surface area contributed by atoms with Crippen LogP contribution in [-0.4, -0.2) is 19.9 Å². The van der Waals surface area contributed by atoms with Gasteiger partial charge in [-0.1, -0.05) is 121 Å². The van der Waals surface area contributed by atoms with Crippen LogP contribution in [0.1, 0.15) is 0 Å². The Bertz CT molecular complexity index is 2900. The molecule has 0 N–H and O–H groups in total. The second-order valence-electron chi connectivity index (χ2n) is 12.2. The molecule has 48 heavy (non-hydrogen) atoms. The molecular weight excluding hydrogens is 585 g/mol. The molecule has 10 rings (SSSR count). The molecule has 10 aromatic rings. The number of fused-ring (bicyclic) bond motifs is 8. The first kappa shape index (κ1) is 26.7. The molecule has 0 radical (unpaired) electrons. The summed E-state index contributed by atoms with van der Waals surface area (Å²) in [5.41, 5.74) is 11.3. The van der Waals surface area contributed by atoms with Crippen LogP contribution in [0.25, 0.3) is 98.8 Å². The summed E-state index contributed by atoms with van der Waals surface area (Å²) in [6.45, 7) is 0. The lowest BCUT2D eigenvalue weighted by atomic mass is 9.91. The largest absolute Gasteiger partial charge is 0.254 e. The van der Waals surface area contributed by atoms with Gasteiger partial charge in [-0.15, -0.1) is 0 Å². The molecule has 0 amide bonds. The van der Waals surface area contributed by atoms with Crippen molar-refractivity contribution in [2.24, 2.45) is 0 Å². The Morgan fingerprint density at radius 2 is 1.00 bits per heavy atom. The SMILES string of the molecule is c1ccc(-c2c3ccccc3nc3c2ccc2ccc(-c4ccc(-c5ccnc6c5ccc5cccnc56)c5ccccc45)nc23)cc1. The van der Waals surface area contributed by atoms with Crippen LogP contribution in [0, 0.1) is 0 Å². The number of aromatic nitrogens is 4. The van der Waals surface area contributed by atoms with Gasteiger partial charge in [0.1, 0.15) is 0 Å². The van der Waals surface area contributed by atoms with Gasteiger partial charge in [-0.2, -0.15) is 0 Å². The number of pyridine rings is 4. The highest BCUT2D eigenvalue weighted by Crippen LogP contribution is 2.41. The Labute approximate surface area is 276 Å². The van der Waals surface area contributed by atoms with Crippen LogP contribution in [-0.2, 0) is 0 Å². The first-order chi connectivity index (χ1) is 23.8. The van der Waals surface area contributed by atoms with Crippen molar-refractivity contribution < 1.29 is 0 Å². The van der Waals surface area contributed by atoms with E-state index in [1.54, 1.807) is 0 Å². The minimum atomic E-state index is 0.903. The maximum Gasteiger partial charge on any atom is 0.0978 e. The summed E-state index contributed by atoms with van der Waals surface area (Å²) >= 11 is 0. The maximum atomic E-state index is 5.37. The van der Waals surface area contributed by atoms with Crippen molar-refractivity contribution in [3.8, 4) is 33.5 Å². The molecular formula is C44H26N4. The highest BCUT2D eigenvalue weighted by Gasteiger charge is 2.17. The van der Waals surface area contributed by atoms with E-state index in [0.29, 0.717) is 0 Å². The highest BCUT2D eigenvalue weighted by molar-refractivity contribution is 6.17. The number of para-hydroxylation sites is 1. The molecule has 4 heterocycles. The average Bonchev–Trinajstić information content (AvgIpc) is 3.16. The van der Waals surface area contributed by atoms with E-state index < -0.39 is 0 Å². The number of benzene rings is 6. The van der Waals surface area contributed by atoms with E-state index in [-0.39, 0.29) is 0 Å². The van der Waals surface area contributed by atoms with E-state index >= 15 is 0 Å². The van der Waals surface area contributed by atoms with Crippen molar-refractivity contribution >= 4 is 65.3 Å². The van der Waals surface area contributed by atoms with Crippen LogP contribution in [0.2, 0.25) is 0 Å². The Balaban J connectivity index is 1.20. The van der Waals surface area contributed by atoms with E-state index in [4.69, 9.17) is 15.0 Å². The normalized spacial score (nSPS) is 11.8. The number of hydrogen-bond donors (Lipinski definition) is 0.